The molecule has 1 N–H and O–H groups in total. The second-order valence-electron chi connectivity index (χ2n) is 7.72. The zero-order valence-corrected chi connectivity index (χ0v) is 16.7. The lowest BCUT2D eigenvalue weighted by Crippen LogP contribution is -2.18. The number of nitrogens with zero attached hydrogens (tertiary/aromatic N) is 2. The summed E-state index contributed by atoms with van der Waals surface area (Å²) in [6.07, 6.45) is 4.20. The molecule has 5 rings (SSSR count). The number of hydrogen-bond donors (Lipinski definition) is 1. The van der Waals surface area contributed by atoms with E-state index in [9.17, 15) is 9.18 Å². The molecule has 1 saturated carbocycles. The highest BCUT2D eigenvalue weighted by atomic mass is 19.1. The molecule has 0 saturated heterocycles. The summed E-state index contributed by atoms with van der Waals surface area (Å²) < 4.78 is 26.5. The molecule has 2 aromatic carbocycles. The average molecular weight is 407 g/mol. The number of aromatic nitrogens is 1. The number of anilines is 1. The average Bonchev–Trinajstić information content (AvgIpc) is 3.52. The van der Waals surface area contributed by atoms with Gasteiger partial charge in [-0.1, -0.05) is 0 Å². The van der Waals surface area contributed by atoms with E-state index in [2.05, 4.69) is 14.9 Å². The Balaban J connectivity index is 1.58. The Kier molecular flexibility index (Phi) is 4.65. The van der Waals surface area contributed by atoms with Crippen LogP contribution in [0.2, 0.25) is 0 Å². The van der Waals surface area contributed by atoms with Crippen molar-refractivity contribution in [1.82, 2.24) is 4.57 Å². The molecule has 0 amide bonds. The SMILES string of the molecule is COC(=O)c1cc(/N=C/c2cc3cc(F)ccc3n2CC2CC2)c2c(c1)OCCN2. The van der Waals surface area contributed by atoms with Crippen molar-refractivity contribution in [3.63, 3.8) is 0 Å². The van der Waals surface area contributed by atoms with Gasteiger partial charge >= 0.3 is 5.97 Å². The van der Waals surface area contributed by atoms with Gasteiger partial charge in [0.05, 0.1) is 30.3 Å². The molecular formula is C23H22FN3O3. The molecule has 3 aromatic rings. The summed E-state index contributed by atoms with van der Waals surface area (Å²) in [6.45, 7) is 2.06. The van der Waals surface area contributed by atoms with E-state index in [4.69, 9.17) is 9.47 Å². The summed E-state index contributed by atoms with van der Waals surface area (Å²) in [6, 6.07) is 10.2. The monoisotopic (exact) mass is 407 g/mol. The Morgan fingerprint density at radius 3 is 3.00 bits per heavy atom. The fourth-order valence-corrected chi connectivity index (χ4v) is 3.83. The van der Waals surface area contributed by atoms with Crippen LogP contribution in [0.15, 0.2) is 41.4 Å². The number of hydrogen-bond acceptors (Lipinski definition) is 5. The molecule has 0 radical (unpaired) electrons. The lowest BCUT2D eigenvalue weighted by molar-refractivity contribution is 0.0600. The second kappa shape index (κ2) is 7.48. The fraction of sp³-hybridized carbons (Fsp3) is 0.304. The molecule has 1 aliphatic heterocycles. The fourth-order valence-electron chi connectivity index (χ4n) is 3.83. The molecule has 7 heteroatoms. The lowest BCUT2D eigenvalue weighted by Gasteiger charge is -2.21. The van der Waals surface area contributed by atoms with Crippen LogP contribution >= 0.6 is 0 Å². The molecule has 0 bridgehead atoms. The van der Waals surface area contributed by atoms with E-state index in [1.54, 1.807) is 24.4 Å². The Bertz CT molecular complexity index is 1160. The van der Waals surface area contributed by atoms with E-state index < -0.39 is 5.97 Å². The highest BCUT2D eigenvalue weighted by Gasteiger charge is 2.24. The van der Waals surface area contributed by atoms with Crippen LogP contribution in [-0.4, -0.2) is 37.0 Å². The summed E-state index contributed by atoms with van der Waals surface area (Å²) in [5, 5.41) is 4.15. The van der Waals surface area contributed by atoms with Crippen LogP contribution in [0, 0.1) is 11.7 Å². The van der Waals surface area contributed by atoms with Crippen LogP contribution in [0.5, 0.6) is 5.75 Å². The van der Waals surface area contributed by atoms with Gasteiger partial charge in [0.2, 0.25) is 0 Å². The third-order valence-corrected chi connectivity index (χ3v) is 5.53. The van der Waals surface area contributed by atoms with E-state index in [-0.39, 0.29) is 5.82 Å². The first kappa shape index (κ1) is 18.7. The van der Waals surface area contributed by atoms with E-state index in [1.165, 1.54) is 26.0 Å². The zero-order valence-electron chi connectivity index (χ0n) is 16.7. The van der Waals surface area contributed by atoms with Crippen molar-refractivity contribution in [2.24, 2.45) is 10.9 Å². The molecule has 1 aliphatic carbocycles. The molecular weight excluding hydrogens is 385 g/mol. The third kappa shape index (κ3) is 3.51. The van der Waals surface area contributed by atoms with Crippen molar-refractivity contribution < 1.29 is 18.7 Å². The van der Waals surface area contributed by atoms with Crippen LogP contribution in [0.3, 0.4) is 0 Å². The van der Waals surface area contributed by atoms with Crippen LogP contribution in [-0.2, 0) is 11.3 Å². The molecule has 0 spiro atoms. The van der Waals surface area contributed by atoms with Gasteiger partial charge < -0.3 is 19.4 Å². The van der Waals surface area contributed by atoms with Crippen molar-refractivity contribution in [1.29, 1.82) is 0 Å². The number of aliphatic imine (C=N–C) groups is 1. The Morgan fingerprint density at radius 1 is 1.33 bits per heavy atom. The number of halogens is 1. The van der Waals surface area contributed by atoms with Gasteiger partial charge in [-0.2, -0.15) is 0 Å². The smallest absolute Gasteiger partial charge is 0.338 e. The number of esters is 1. The minimum atomic E-state index is -0.443. The quantitative estimate of drug-likeness (QED) is 0.498. The zero-order chi connectivity index (χ0) is 20.7. The third-order valence-electron chi connectivity index (χ3n) is 5.53. The molecule has 2 aliphatic rings. The van der Waals surface area contributed by atoms with Gasteiger partial charge in [0.25, 0.3) is 0 Å². The minimum absolute atomic E-state index is 0.254. The number of methoxy groups -OCH3 is 1. The van der Waals surface area contributed by atoms with E-state index >= 15 is 0 Å². The number of rotatable bonds is 5. The molecule has 1 aromatic heterocycles. The first-order valence-corrected chi connectivity index (χ1v) is 10.1. The number of carbonyl (C=O) groups is 1. The largest absolute Gasteiger partial charge is 0.489 e. The van der Waals surface area contributed by atoms with E-state index in [0.29, 0.717) is 36.1 Å². The topological polar surface area (TPSA) is 64.8 Å². The summed E-state index contributed by atoms with van der Waals surface area (Å²) >= 11 is 0. The number of carbonyl (C=O) groups excluding carboxylic acids is 1. The van der Waals surface area contributed by atoms with Gasteiger partial charge in [0.1, 0.15) is 23.9 Å². The summed E-state index contributed by atoms with van der Waals surface area (Å²) in [4.78, 5) is 16.8. The Morgan fingerprint density at radius 2 is 2.20 bits per heavy atom. The molecule has 2 heterocycles. The van der Waals surface area contributed by atoms with Crippen LogP contribution in [0.4, 0.5) is 15.8 Å². The number of benzene rings is 2. The number of nitrogens with one attached hydrogen (secondary N) is 1. The maximum absolute atomic E-state index is 13.7. The van der Waals surface area contributed by atoms with Crippen molar-refractivity contribution in [2.75, 3.05) is 25.6 Å². The molecule has 1 fully saturated rings. The Labute approximate surface area is 173 Å². The predicted octanol–water partition coefficient (Wildman–Crippen LogP) is 4.53. The standard InChI is InChI=1S/C23H22FN3O3/c1-29-23(28)16-10-19(22-21(11-16)30-7-6-25-22)26-12-18-9-15-8-17(24)4-5-20(15)27(18)13-14-2-3-14/h4-5,8-12,14,25H,2-3,6-7,13H2,1H3/b26-12+. The summed E-state index contributed by atoms with van der Waals surface area (Å²) in [7, 11) is 1.35. The molecule has 0 unspecified atom stereocenters. The lowest BCUT2D eigenvalue weighted by atomic mass is 10.1. The van der Waals surface area contributed by atoms with Crippen LogP contribution in [0.1, 0.15) is 28.9 Å². The first-order valence-electron chi connectivity index (χ1n) is 10.1. The number of ether oxygens (including phenoxy) is 2. The van der Waals surface area contributed by atoms with Gasteiger partial charge in [0, 0.05) is 24.0 Å². The van der Waals surface area contributed by atoms with Crippen molar-refractivity contribution in [3.8, 4) is 5.75 Å². The van der Waals surface area contributed by atoms with Crippen molar-refractivity contribution >= 4 is 34.5 Å². The van der Waals surface area contributed by atoms with Gasteiger partial charge in [0.15, 0.2) is 0 Å². The van der Waals surface area contributed by atoms with Crippen molar-refractivity contribution in [3.05, 3.63) is 53.5 Å². The van der Waals surface area contributed by atoms with Crippen molar-refractivity contribution in [2.45, 2.75) is 19.4 Å². The van der Waals surface area contributed by atoms with Gasteiger partial charge in [-0.05, 0) is 55.2 Å². The number of fused-ring (bicyclic) bond motifs is 2. The minimum Gasteiger partial charge on any atom is -0.489 e. The summed E-state index contributed by atoms with van der Waals surface area (Å²) in [5.74, 6) is 0.540. The Hall–Kier alpha value is -3.35. The van der Waals surface area contributed by atoms with Gasteiger partial charge in [-0.15, -0.1) is 0 Å². The highest BCUT2D eigenvalue weighted by molar-refractivity contribution is 5.96. The highest BCUT2D eigenvalue weighted by Crippen LogP contribution is 2.38. The van der Waals surface area contributed by atoms with Gasteiger partial charge in [-0.3, -0.25) is 4.99 Å². The maximum Gasteiger partial charge on any atom is 0.338 e. The maximum atomic E-state index is 13.7. The first-order chi connectivity index (χ1) is 14.6. The normalized spacial score (nSPS) is 15.7. The van der Waals surface area contributed by atoms with Gasteiger partial charge in [-0.25, -0.2) is 9.18 Å². The predicted molar refractivity (Wildman–Crippen MR) is 114 cm³/mol. The van der Waals surface area contributed by atoms with E-state index in [0.717, 1.165) is 28.8 Å². The second-order valence-corrected chi connectivity index (χ2v) is 7.72. The van der Waals surface area contributed by atoms with E-state index in [1.807, 2.05) is 12.1 Å². The summed E-state index contributed by atoms with van der Waals surface area (Å²) in [5.41, 5.74) is 3.63. The molecule has 0 atom stereocenters. The molecule has 6 nitrogen and oxygen atoms in total. The van der Waals surface area contributed by atoms with Crippen LogP contribution in [0.25, 0.3) is 10.9 Å². The molecule has 154 valence electrons. The molecule has 30 heavy (non-hydrogen) atoms. The van der Waals surface area contributed by atoms with Crippen LogP contribution < -0.4 is 10.1 Å².